The number of piperidine rings is 1. The van der Waals surface area contributed by atoms with Gasteiger partial charge in [-0.2, -0.15) is 4.31 Å². The summed E-state index contributed by atoms with van der Waals surface area (Å²) in [4.78, 5) is 23.7. The van der Waals surface area contributed by atoms with Gasteiger partial charge in [-0.15, -0.1) is 0 Å². The molecule has 0 aliphatic carbocycles. The minimum absolute atomic E-state index is 0.0209. The average Bonchev–Trinajstić information content (AvgIpc) is 2.90. The lowest BCUT2D eigenvalue weighted by Gasteiger charge is -2.46. The summed E-state index contributed by atoms with van der Waals surface area (Å²) in [6.07, 6.45) is 3.53. The number of rotatable bonds is 8. The van der Waals surface area contributed by atoms with Crippen LogP contribution in [-0.2, 0) is 21.4 Å². The Morgan fingerprint density at radius 3 is 2.76 bits per heavy atom. The molecule has 4 rings (SSSR count). The summed E-state index contributed by atoms with van der Waals surface area (Å²) in [6.45, 7) is 0.642. The molecule has 2 N–H and O–H groups in total. The molecule has 0 saturated carbocycles. The Labute approximate surface area is 226 Å². The van der Waals surface area contributed by atoms with Gasteiger partial charge in [0.2, 0.25) is 15.9 Å². The van der Waals surface area contributed by atoms with Crippen molar-refractivity contribution in [1.29, 1.82) is 0 Å². The van der Waals surface area contributed by atoms with Crippen molar-refractivity contribution in [2.75, 3.05) is 45.9 Å². The lowest BCUT2D eigenvalue weighted by atomic mass is 9.87. The van der Waals surface area contributed by atoms with Crippen LogP contribution in [0.5, 0.6) is 5.75 Å². The highest BCUT2D eigenvalue weighted by Crippen LogP contribution is 2.35. The van der Waals surface area contributed by atoms with Crippen molar-refractivity contribution in [2.24, 2.45) is 0 Å². The van der Waals surface area contributed by atoms with Crippen molar-refractivity contribution >= 4 is 49.9 Å². The second-order valence-electron chi connectivity index (χ2n) is 9.30. The van der Waals surface area contributed by atoms with Gasteiger partial charge in [0.1, 0.15) is 23.4 Å². The molecule has 2 heterocycles. The van der Waals surface area contributed by atoms with E-state index in [1.165, 1.54) is 30.9 Å². The molecule has 10 nitrogen and oxygen atoms in total. The number of nitrogens with zero attached hydrogens (tertiary/aromatic N) is 4. The fourth-order valence-electron chi connectivity index (χ4n) is 4.86. The number of benzene rings is 2. The summed E-state index contributed by atoms with van der Waals surface area (Å²) >= 11 is 5.94. The summed E-state index contributed by atoms with van der Waals surface area (Å²) in [5.41, 5.74) is 0.351. The van der Waals surface area contributed by atoms with Gasteiger partial charge in [-0.1, -0.05) is 17.7 Å². The third-order valence-corrected chi connectivity index (χ3v) is 8.48. The number of carbonyl (C=O) groups is 1. The van der Waals surface area contributed by atoms with Crippen LogP contribution in [-0.4, -0.2) is 79.6 Å². The normalized spacial score (nSPS) is 18.5. The molecule has 13 heteroatoms. The number of likely N-dealkylation sites (N-methyl/N-ethyl adjacent to an activating group) is 2. The number of aromatic nitrogens is 2. The first-order chi connectivity index (χ1) is 18.0. The Morgan fingerprint density at radius 1 is 1.32 bits per heavy atom. The zero-order valence-electron chi connectivity index (χ0n) is 21.6. The maximum atomic E-state index is 14.6. The Bertz CT molecular complexity index is 1470. The average molecular weight is 565 g/mol. The molecule has 204 valence electrons. The standard InChI is InChI=1S/C25H30ClFN6O4S/c1-28-24(34)25(9-6-10-33(14-25)38(4,35)36)32(2)13-16-11-17-20(12-21(16)37-3)29-15-30-23(17)31-19-8-5-7-18(26)22(19)27/h5,7-8,11-12,15H,6,9-10,13-14H2,1-4H3,(H,28,34)(H,29,30,31). The maximum Gasteiger partial charge on any atom is 0.241 e. The molecule has 1 aliphatic heterocycles. The number of methoxy groups -OCH3 is 1. The predicted molar refractivity (Wildman–Crippen MR) is 145 cm³/mol. The molecule has 38 heavy (non-hydrogen) atoms. The van der Waals surface area contributed by atoms with Gasteiger partial charge in [0.05, 0.1) is 29.6 Å². The van der Waals surface area contributed by atoms with E-state index < -0.39 is 21.4 Å². The van der Waals surface area contributed by atoms with E-state index in [1.54, 1.807) is 25.2 Å². The highest BCUT2D eigenvalue weighted by molar-refractivity contribution is 7.88. The SMILES string of the molecule is CNC(=O)C1(N(C)Cc2cc3c(Nc4cccc(Cl)c4F)ncnc3cc2OC)CCCN(S(C)(=O)=O)C1. The third kappa shape index (κ3) is 5.39. The Hall–Kier alpha value is -3.06. The summed E-state index contributed by atoms with van der Waals surface area (Å²) in [5, 5.41) is 6.28. The number of sulfonamides is 1. The smallest absolute Gasteiger partial charge is 0.241 e. The van der Waals surface area contributed by atoms with E-state index in [-0.39, 0.29) is 29.7 Å². The lowest BCUT2D eigenvalue weighted by Crippen LogP contribution is -2.65. The van der Waals surface area contributed by atoms with Crippen molar-refractivity contribution in [3.8, 4) is 5.75 Å². The summed E-state index contributed by atoms with van der Waals surface area (Å²) in [7, 11) is 1.37. The number of halogens is 2. The third-order valence-electron chi connectivity index (χ3n) is 6.93. The van der Waals surface area contributed by atoms with Gasteiger partial charge in [-0.05, 0) is 38.1 Å². The molecule has 1 fully saturated rings. The minimum Gasteiger partial charge on any atom is -0.496 e. The topological polar surface area (TPSA) is 117 Å². The van der Waals surface area contributed by atoms with Crippen LogP contribution in [0.1, 0.15) is 18.4 Å². The van der Waals surface area contributed by atoms with Crippen molar-refractivity contribution in [3.05, 3.63) is 53.1 Å². The van der Waals surface area contributed by atoms with E-state index >= 15 is 0 Å². The Balaban J connectivity index is 1.74. The van der Waals surface area contributed by atoms with Crippen LogP contribution in [0.2, 0.25) is 5.02 Å². The van der Waals surface area contributed by atoms with Gasteiger partial charge in [0, 0.05) is 43.7 Å². The van der Waals surface area contributed by atoms with Gasteiger partial charge in [0.25, 0.3) is 0 Å². The van der Waals surface area contributed by atoms with E-state index in [9.17, 15) is 17.6 Å². The number of anilines is 2. The molecule has 0 radical (unpaired) electrons. The monoisotopic (exact) mass is 564 g/mol. The van der Waals surface area contributed by atoms with Crippen LogP contribution in [0, 0.1) is 5.82 Å². The van der Waals surface area contributed by atoms with Gasteiger partial charge in [-0.25, -0.2) is 22.8 Å². The van der Waals surface area contributed by atoms with E-state index in [0.717, 1.165) is 6.26 Å². The van der Waals surface area contributed by atoms with E-state index in [0.29, 0.717) is 47.4 Å². The number of carbonyl (C=O) groups excluding carboxylic acids is 1. The Morgan fingerprint density at radius 2 is 2.08 bits per heavy atom. The molecule has 0 spiro atoms. The maximum absolute atomic E-state index is 14.6. The first kappa shape index (κ1) is 28.0. The highest BCUT2D eigenvalue weighted by Gasteiger charge is 2.47. The van der Waals surface area contributed by atoms with Gasteiger partial charge in [0.15, 0.2) is 5.82 Å². The van der Waals surface area contributed by atoms with E-state index in [2.05, 4.69) is 20.6 Å². The fourth-order valence-corrected chi connectivity index (χ4v) is 5.94. The fraction of sp³-hybridized carbons (Fsp3) is 0.400. The first-order valence-electron chi connectivity index (χ1n) is 11.9. The number of ether oxygens (including phenoxy) is 1. The first-order valence-corrected chi connectivity index (χ1v) is 14.1. The number of nitrogens with one attached hydrogen (secondary N) is 2. The second kappa shape index (κ2) is 11.0. The van der Waals surface area contributed by atoms with E-state index in [4.69, 9.17) is 16.3 Å². The second-order valence-corrected chi connectivity index (χ2v) is 11.7. The molecule has 1 unspecified atom stereocenters. The molecule has 2 aromatic carbocycles. The Kier molecular flexibility index (Phi) is 8.07. The summed E-state index contributed by atoms with van der Waals surface area (Å²) in [5.74, 6) is 0.0281. The van der Waals surface area contributed by atoms with Gasteiger partial charge >= 0.3 is 0 Å². The molecule has 3 aromatic rings. The molecule has 1 saturated heterocycles. The quantitative estimate of drug-likeness (QED) is 0.428. The van der Waals surface area contributed by atoms with Crippen molar-refractivity contribution in [1.82, 2.24) is 24.5 Å². The van der Waals surface area contributed by atoms with Crippen LogP contribution in [0.4, 0.5) is 15.9 Å². The number of fused-ring (bicyclic) bond motifs is 1. The van der Waals surface area contributed by atoms with Crippen molar-refractivity contribution < 1.29 is 22.3 Å². The summed E-state index contributed by atoms with van der Waals surface area (Å²) in [6, 6.07) is 8.21. The van der Waals surface area contributed by atoms with Crippen LogP contribution in [0.15, 0.2) is 36.7 Å². The molecular weight excluding hydrogens is 535 g/mol. The van der Waals surface area contributed by atoms with Crippen LogP contribution < -0.4 is 15.4 Å². The van der Waals surface area contributed by atoms with Crippen molar-refractivity contribution in [2.45, 2.75) is 24.9 Å². The number of hydrogen-bond acceptors (Lipinski definition) is 8. The number of amides is 1. The molecule has 0 bridgehead atoms. The highest BCUT2D eigenvalue weighted by atomic mass is 35.5. The largest absolute Gasteiger partial charge is 0.496 e. The van der Waals surface area contributed by atoms with E-state index in [1.807, 2.05) is 11.0 Å². The van der Waals surface area contributed by atoms with Crippen LogP contribution >= 0.6 is 11.6 Å². The minimum atomic E-state index is -3.49. The van der Waals surface area contributed by atoms with Crippen LogP contribution in [0.25, 0.3) is 10.9 Å². The summed E-state index contributed by atoms with van der Waals surface area (Å²) < 4.78 is 46.3. The van der Waals surface area contributed by atoms with Crippen molar-refractivity contribution in [3.63, 3.8) is 0 Å². The number of hydrogen-bond donors (Lipinski definition) is 2. The molecule has 1 amide bonds. The lowest BCUT2D eigenvalue weighted by molar-refractivity contribution is -0.135. The van der Waals surface area contributed by atoms with Crippen LogP contribution in [0.3, 0.4) is 0 Å². The van der Waals surface area contributed by atoms with Gasteiger partial charge < -0.3 is 15.4 Å². The zero-order valence-corrected chi connectivity index (χ0v) is 23.2. The van der Waals surface area contributed by atoms with Gasteiger partial charge in [-0.3, -0.25) is 9.69 Å². The predicted octanol–water partition coefficient (Wildman–Crippen LogP) is 3.15. The molecule has 1 aromatic heterocycles. The molecule has 1 atom stereocenters. The molecule has 1 aliphatic rings. The molecular formula is C25H30ClFN6O4S. The zero-order chi connectivity index (χ0) is 27.7.